The highest BCUT2D eigenvalue weighted by Crippen LogP contribution is 2.37. The number of rotatable bonds is 4. The number of benzene rings is 2. The molecule has 0 radical (unpaired) electrons. The average Bonchev–Trinajstić information content (AvgIpc) is 2.46. The summed E-state index contributed by atoms with van der Waals surface area (Å²) in [5, 5.41) is 0.0120. The smallest absolute Gasteiger partial charge is 0.165 e. The fraction of sp³-hybridized carbons (Fsp3) is 0.200. The highest BCUT2D eigenvalue weighted by atomic mass is 35.5. The number of hydrogen-bond acceptors (Lipinski definition) is 2. The summed E-state index contributed by atoms with van der Waals surface area (Å²) in [7, 11) is 2.95. The summed E-state index contributed by atoms with van der Waals surface area (Å²) in [5.41, 5.74) is 1.34. The first kappa shape index (κ1) is 14.9. The van der Waals surface area contributed by atoms with Crippen LogP contribution < -0.4 is 9.47 Å². The normalized spacial score (nSPS) is 12.1. The predicted molar refractivity (Wildman–Crippen MR) is 78.7 cm³/mol. The maximum Gasteiger partial charge on any atom is 0.165 e. The maximum absolute atomic E-state index is 13.7. The van der Waals surface area contributed by atoms with Crippen molar-refractivity contribution in [3.63, 3.8) is 0 Å². The van der Waals surface area contributed by atoms with Gasteiger partial charge in [-0.25, -0.2) is 4.39 Å². The zero-order chi connectivity index (χ0) is 14.7. The van der Waals surface area contributed by atoms with E-state index in [1.54, 1.807) is 30.3 Å². The van der Waals surface area contributed by atoms with Crippen molar-refractivity contribution in [2.75, 3.05) is 14.2 Å². The Morgan fingerprint density at radius 1 is 1.00 bits per heavy atom. The fourth-order valence-corrected chi connectivity index (χ4v) is 2.39. The molecule has 20 heavy (non-hydrogen) atoms. The van der Waals surface area contributed by atoms with Crippen LogP contribution in [-0.2, 0) is 0 Å². The Labute approximate surface area is 127 Å². The summed E-state index contributed by atoms with van der Waals surface area (Å²) in [6.45, 7) is 0. The van der Waals surface area contributed by atoms with Crippen LogP contribution in [-0.4, -0.2) is 14.2 Å². The molecule has 2 nitrogen and oxygen atoms in total. The molecule has 0 amide bonds. The van der Waals surface area contributed by atoms with Crippen LogP contribution in [0.2, 0.25) is 5.02 Å². The van der Waals surface area contributed by atoms with Gasteiger partial charge >= 0.3 is 0 Å². The molecule has 0 aliphatic rings. The van der Waals surface area contributed by atoms with Gasteiger partial charge in [0.05, 0.1) is 19.6 Å². The molecule has 106 valence electrons. The van der Waals surface area contributed by atoms with Gasteiger partial charge in [0.1, 0.15) is 5.75 Å². The lowest BCUT2D eigenvalue weighted by Gasteiger charge is -2.15. The zero-order valence-corrected chi connectivity index (χ0v) is 12.5. The van der Waals surface area contributed by atoms with Crippen molar-refractivity contribution in [3.8, 4) is 11.5 Å². The lowest BCUT2D eigenvalue weighted by atomic mass is 10.0. The van der Waals surface area contributed by atoms with Crippen LogP contribution in [0, 0.1) is 5.82 Å². The Bertz CT molecular complexity index is 617. The molecular formula is C15H13Cl2FO2. The zero-order valence-electron chi connectivity index (χ0n) is 11.0. The van der Waals surface area contributed by atoms with E-state index in [-0.39, 0.29) is 5.75 Å². The predicted octanol–water partition coefficient (Wildman–Crippen LogP) is 4.82. The van der Waals surface area contributed by atoms with Gasteiger partial charge < -0.3 is 9.47 Å². The molecule has 0 aliphatic heterocycles. The Balaban J connectivity index is 2.40. The fourth-order valence-electron chi connectivity index (χ4n) is 1.91. The van der Waals surface area contributed by atoms with E-state index < -0.39 is 11.2 Å². The van der Waals surface area contributed by atoms with Crippen molar-refractivity contribution < 1.29 is 13.9 Å². The van der Waals surface area contributed by atoms with Crippen LogP contribution in [0.1, 0.15) is 16.5 Å². The largest absolute Gasteiger partial charge is 0.496 e. The molecule has 0 fully saturated rings. The molecule has 2 rings (SSSR count). The topological polar surface area (TPSA) is 18.5 Å². The van der Waals surface area contributed by atoms with E-state index in [0.29, 0.717) is 16.3 Å². The lowest BCUT2D eigenvalue weighted by molar-refractivity contribution is 0.386. The maximum atomic E-state index is 13.7. The third kappa shape index (κ3) is 3.00. The Kier molecular flexibility index (Phi) is 4.73. The van der Waals surface area contributed by atoms with Gasteiger partial charge in [-0.2, -0.15) is 0 Å². The van der Waals surface area contributed by atoms with Gasteiger partial charge in [-0.1, -0.05) is 23.7 Å². The average molecular weight is 315 g/mol. The van der Waals surface area contributed by atoms with Gasteiger partial charge in [-0.05, 0) is 29.8 Å². The highest BCUT2D eigenvalue weighted by molar-refractivity contribution is 6.30. The lowest BCUT2D eigenvalue weighted by Crippen LogP contribution is -1.99. The minimum atomic E-state index is -0.539. The van der Waals surface area contributed by atoms with E-state index in [9.17, 15) is 4.39 Å². The summed E-state index contributed by atoms with van der Waals surface area (Å²) in [5.74, 6) is 0.290. The molecule has 0 saturated carbocycles. The molecule has 2 aromatic carbocycles. The number of ether oxygens (including phenoxy) is 2. The molecule has 1 atom stereocenters. The van der Waals surface area contributed by atoms with E-state index in [2.05, 4.69) is 0 Å². The molecule has 0 N–H and O–H groups in total. The number of halogens is 3. The number of methoxy groups -OCH3 is 2. The summed E-state index contributed by atoms with van der Waals surface area (Å²) < 4.78 is 23.9. The molecule has 0 saturated heterocycles. The molecular weight excluding hydrogens is 302 g/mol. The Morgan fingerprint density at radius 2 is 1.70 bits per heavy atom. The monoisotopic (exact) mass is 314 g/mol. The van der Waals surface area contributed by atoms with E-state index in [1.165, 1.54) is 20.3 Å². The standard InChI is InChI=1S/C15H13Cl2FO2/c1-19-13-6-3-9(7-12(13)18)15(17)11-5-4-10(16)8-14(11)20-2/h3-8,15H,1-2H3. The molecule has 0 aliphatic carbocycles. The second-order valence-electron chi connectivity index (χ2n) is 4.14. The molecule has 2 aromatic rings. The Morgan fingerprint density at radius 3 is 2.30 bits per heavy atom. The first-order valence-electron chi connectivity index (χ1n) is 5.87. The van der Waals surface area contributed by atoms with E-state index in [1.807, 2.05) is 0 Å². The van der Waals surface area contributed by atoms with Crippen LogP contribution >= 0.6 is 23.2 Å². The van der Waals surface area contributed by atoms with Crippen molar-refractivity contribution in [3.05, 3.63) is 58.4 Å². The van der Waals surface area contributed by atoms with E-state index in [0.717, 1.165) is 5.56 Å². The van der Waals surface area contributed by atoms with Gasteiger partial charge in [0, 0.05) is 10.6 Å². The van der Waals surface area contributed by atoms with Gasteiger partial charge in [0.2, 0.25) is 0 Å². The van der Waals surface area contributed by atoms with Gasteiger partial charge in [-0.15, -0.1) is 11.6 Å². The van der Waals surface area contributed by atoms with Gasteiger partial charge in [0.25, 0.3) is 0 Å². The van der Waals surface area contributed by atoms with Crippen LogP contribution in [0.4, 0.5) is 4.39 Å². The van der Waals surface area contributed by atoms with Gasteiger partial charge in [-0.3, -0.25) is 0 Å². The first-order chi connectivity index (χ1) is 9.56. The molecule has 0 heterocycles. The second-order valence-corrected chi connectivity index (χ2v) is 5.02. The third-order valence-electron chi connectivity index (χ3n) is 2.94. The van der Waals surface area contributed by atoms with Crippen LogP contribution in [0.5, 0.6) is 11.5 Å². The van der Waals surface area contributed by atoms with Crippen LogP contribution in [0.15, 0.2) is 36.4 Å². The van der Waals surface area contributed by atoms with Crippen molar-refractivity contribution >= 4 is 23.2 Å². The van der Waals surface area contributed by atoms with Crippen molar-refractivity contribution in [1.29, 1.82) is 0 Å². The minimum Gasteiger partial charge on any atom is -0.496 e. The SMILES string of the molecule is COc1ccc(C(Cl)c2ccc(Cl)cc2OC)cc1F. The Hall–Kier alpha value is -1.45. The van der Waals surface area contributed by atoms with Crippen LogP contribution in [0.3, 0.4) is 0 Å². The quantitative estimate of drug-likeness (QED) is 0.753. The minimum absolute atomic E-state index is 0.181. The molecule has 0 spiro atoms. The van der Waals surface area contributed by atoms with Crippen molar-refractivity contribution in [2.45, 2.75) is 5.38 Å². The first-order valence-corrected chi connectivity index (χ1v) is 6.69. The summed E-state index contributed by atoms with van der Waals surface area (Å²) >= 11 is 12.3. The molecule has 0 bridgehead atoms. The van der Waals surface area contributed by atoms with E-state index in [4.69, 9.17) is 32.7 Å². The van der Waals surface area contributed by atoms with Gasteiger partial charge in [0.15, 0.2) is 11.6 Å². The second kappa shape index (κ2) is 6.33. The van der Waals surface area contributed by atoms with Crippen LogP contribution in [0.25, 0.3) is 0 Å². The molecule has 5 heteroatoms. The summed E-state index contributed by atoms with van der Waals surface area (Å²) in [4.78, 5) is 0. The summed E-state index contributed by atoms with van der Waals surface area (Å²) in [6, 6.07) is 9.77. The number of hydrogen-bond donors (Lipinski definition) is 0. The summed E-state index contributed by atoms with van der Waals surface area (Å²) in [6.07, 6.45) is 0. The van der Waals surface area contributed by atoms with E-state index >= 15 is 0 Å². The number of alkyl halides is 1. The van der Waals surface area contributed by atoms with Crippen molar-refractivity contribution in [1.82, 2.24) is 0 Å². The van der Waals surface area contributed by atoms with Crippen molar-refractivity contribution in [2.24, 2.45) is 0 Å². The molecule has 1 unspecified atom stereocenters. The highest BCUT2D eigenvalue weighted by Gasteiger charge is 2.17. The third-order valence-corrected chi connectivity index (χ3v) is 3.66. The molecule has 0 aromatic heterocycles.